The van der Waals surface area contributed by atoms with Crippen molar-refractivity contribution in [2.75, 3.05) is 25.1 Å². The van der Waals surface area contributed by atoms with Gasteiger partial charge in [-0.25, -0.2) is 18.4 Å². The molecule has 1 aliphatic heterocycles. The highest BCUT2D eigenvalue weighted by atomic mass is 32.2. The number of ether oxygens (including phenoxy) is 1. The second-order valence-electron chi connectivity index (χ2n) is 9.42. The van der Waals surface area contributed by atoms with Gasteiger partial charge in [-0.2, -0.15) is 0 Å². The summed E-state index contributed by atoms with van der Waals surface area (Å²) in [5, 5.41) is 12.5. The van der Waals surface area contributed by atoms with Crippen LogP contribution in [0.5, 0.6) is 5.75 Å². The lowest BCUT2D eigenvalue weighted by Crippen LogP contribution is -2.28. The number of nitrogens with one attached hydrogen (secondary N) is 1. The Bertz CT molecular complexity index is 1260. The van der Waals surface area contributed by atoms with Crippen molar-refractivity contribution in [3.63, 3.8) is 0 Å². The van der Waals surface area contributed by atoms with Crippen LogP contribution in [0.3, 0.4) is 0 Å². The zero-order chi connectivity index (χ0) is 22.6. The SMILES string of the molecule is CC1(C)CNc2ncc(-c3cnc4cc(OCCO)c(S(=O)(=O)C(C)(C)C)cn34)cc21. The van der Waals surface area contributed by atoms with Gasteiger partial charge in [0.1, 0.15) is 28.7 Å². The Hall–Kier alpha value is -2.65. The number of anilines is 1. The van der Waals surface area contributed by atoms with Crippen LogP contribution >= 0.6 is 0 Å². The molecule has 0 aromatic carbocycles. The van der Waals surface area contributed by atoms with Crippen molar-refractivity contribution < 1.29 is 18.3 Å². The monoisotopic (exact) mass is 444 g/mol. The van der Waals surface area contributed by atoms with Crippen molar-refractivity contribution in [3.8, 4) is 17.0 Å². The molecule has 1 aliphatic rings. The van der Waals surface area contributed by atoms with Gasteiger partial charge in [0.15, 0.2) is 9.84 Å². The summed E-state index contributed by atoms with van der Waals surface area (Å²) in [5.74, 6) is 1.06. The van der Waals surface area contributed by atoms with Crippen molar-refractivity contribution in [1.29, 1.82) is 0 Å². The molecule has 0 radical (unpaired) electrons. The molecule has 0 amide bonds. The lowest BCUT2D eigenvalue weighted by atomic mass is 9.87. The first-order valence-corrected chi connectivity index (χ1v) is 11.7. The molecule has 4 heterocycles. The molecule has 0 fully saturated rings. The molecule has 0 bridgehead atoms. The number of pyridine rings is 2. The third-order valence-corrected chi connectivity index (χ3v) is 8.13. The van der Waals surface area contributed by atoms with Crippen molar-refractivity contribution in [1.82, 2.24) is 14.4 Å². The third-order valence-electron chi connectivity index (χ3n) is 5.63. The summed E-state index contributed by atoms with van der Waals surface area (Å²) < 4.78 is 32.9. The number of aromatic nitrogens is 3. The van der Waals surface area contributed by atoms with Crippen molar-refractivity contribution in [2.45, 2.75) is 49.7 Å². The molecule has 0 saturated carbocycles. The highest BCUT2D eigenvalue weighted by Crippen LogP contribution is 2.38. The fourth-order valence-electron chi connectivity index (χ4n) is 3.66. The van der Waals surface area contributed by atoms with E-state index in [-0.39, 0.29) is 29.3 Å². The number of nitrogens with zero attached hydrogens (tertiary/aromatic N) is 3. The van der Waals surface area contributed by atoms with Gasteiger partial charge in [0.25, 0.3) is 0 Å². The molecule has 8 nitrogen and oxygen atoms in total. The number of aliphatic hydroxyl groups excluding tert-OH is 1. The van der Waals surface area contributed by atoms with E-state index in [9.17, 15) is 8.42 Å². The topological polar surface area (TPSA) is 106 Å². The molecule has 0 saturated heterocycles. The van der Waals surface area contributed by atoms with Gasteiger partial charge in [-0.1, -0.05) is 13.8 Å². The van der Waals surface area contributed by atoms with E-state index in [0.717, 1.165) is 29.2 Å². The molecular weight excluding hydrogens is 416 g/mol. The molecule has 0 atom stereocenters. The number of rotatable bonds is 5. The molecule has 2 N–H and O–H groups in total. The summed E-state index contributed by atoms with van der Waals surface area (Å²) in [7, 11) is -3.71. The molecule has 9 heteroatoms. The van der Waals surface area contributed by atoms with Crippen molar-refractivity contribution in [2.24, 2.45) is 0 Å². The van der Waals surface area contributed by atoms with Crippen LogP contribution in [-0.4, -0.2) is 52.4 Å². The summed E-state index contributed by atoms with van der Waals surface area (Å²) in [5.41, 5.74) is 3.21. The molecule has 0 unspecified atom stereocenters. The van der Waals surface area contributed by atoms with E-state index >= 15 is 0 Å². The minimum Gasteiger partial charge on any atom is -0.490 e. The van der Waals surface area contributed by atoms with Crippen molar-refractivity contribution in [3.05, 3.63) is 36.3 Å². The largest absolute Gasteiger partial charge is 0.490 e. The molecular formula is C22H28N4O4S. The van der Waals surface area contributed by atoms with E-state index in [2.05, 4.69) is 35.2 Å². The maximum Gasteiger partial charge on any atom is 0.188 e. The molecule has 3 aromatic heterocycles. The predicted octanol–water partition coefficient (Wildman–Crippen LogP) is 3.04. The molecule has 3 aromatic rings. The number of fused-ring (bicyclic) bond motifs is 2. The maximum absolute atomic E-state index is 13.3. The van der Waals surface area contributed by atoms with Gasteiger partial charge < -0.3 is 15.2 Å². The maximum atomic E-state index is 13.3. The van der Waals surface area contributed by atoms with Crippen LogP contribution in [0.1, 0.15) is 40.2 Å². The summed E-state index contributed by atoms with van der Waals surface area (Å²) in [6.45, 7) is 9.85. The van der Waals surface area contributed by atoms with E-state index in [0.29, 0.717) is 5.65 Å². The molecule has 166 valence electrons. The highest BCUT2D eigenvalue weighted by Gasteiger charge is 2.35. The summed E-state index contributed by atoms with van der Waals surface area (Å²) in [6.07, 6.45) is 5.03. The molecule has 4 rings (SSSR count). The van der Waals surface area contributed by atoms with Crippen molar-refractivity contribution >= 4 is 21.3 Å². The van der Waals surface area contributed by atoms with Gasteiger partial charge in [-0.15, -0.1) is 0 Å². The van der Waals surface area contributed by atoms with Crippen LogP contribution < -0.4 is 10.1 Å². The summed E-state index contributed by atoms with van der Waals surface area (Å²) >= 11 is 0. The Balaban J connectivity index is 1.92. The number of sulfone groups is 1. The third kappa shape index (κ3) is 3.55. The zero-order valence-electron chi connectivity index (χ0n) is 18.4. The highest BCUT2D eigenvalue weighted by molar-refractivity contribution is 7.92. The van der Waals surface area contributed by atoms with Gasteiger partial charge >= 0.3 is 0 Å². The van der Waals surface area contributed by atoms with Crippen LogP contribution in [-0.2, 0) is 15.3 Å². The fourth-order valence-corrected chi connectivity index (χ4v) is 4.95. The quantitative estimate of drug-likeness (QED) is 0.623. The summed E-state index contributed by atoms with van der Waals surface area (Å²) in [4.78, 5) is 9.09. The zero-order valence-corrected chi connectivity index (χ0v) is 19.2. The van der Waals surface area contributed by atoms with Crippen LogP contribution in [0.2, 0.25) is 0 Å². The van der Waals surface area contributed by atoms with E-state index in [1.807, 2.05) is 0 Å². The normalized spacial score (nSPS) is 15.7. The van der Waals surface area contributed by atoms with E-state index < -0.39 is 14.6 Å². The fraction of sp³-hybridized carbons (Fsp3) is 0.455. The van der Waals surface area contributed by atoms with Gasteiger partial charge in [0.05, 0.1) is 23.2 Å². The average molecular weight is 445 g/mol. The number of imidazole rings is 1. The number of hydrogen-bond acceptors (Lipinski definition) is 7. The summed E-state index contributed by atoms with van der Waals surface area (Å²) in [6, 6.07) is 3.68. The van der Waals surface area contributed by atoms with Crippen LogP contribution in [0.15, 0.2) is 35.6 Å². The Morgan fingerprint density at radius 1 is 1.23 bits per heavy atom. The minimum atomic E-state index is -3.71. The predicted molar refractivity (Wildman–Crippen MR) is 119 cm³/mol. The van der Waals surface area contributed by atoms with Gasteiger partial charge in [0, 0.05) is 41.5 Å². The number of aliphatic hydroxyl groups is 1. The van der Waals surface area contributed by atoms with Crippen LogP contribution in [0.25, 0.3) is 16.9 Å². The Labute approximate surface area is 182 Å². The second kappa shape index (κ2) is 7.20. The first kappa shape index (κ1) is 21.6. The Morgan fingerprint density at radius 2 is 1.97 bits per heavy atom. The van der Waals surface area contributed by atoms with Gasteiger partial charge in [0.2, 0.25) is 0 Å². The smallest absolute Gasteiger partial charge is 0.188 e. The average Bonchev–Trinajstić information content (AvgIpc) is 3.24. The van der Waals surface area contributed by atoms with E-state index in [4.69, 9.17) is 9.84 Å². The molecule has 0 aliphatic carbocycles. The second-order valence-corrected chi connectivity index (χ2v) is 12.1. The lowest BCUT2D eigenvalue weighted by Gasteiger charge is -2.22. The lowest BCUT2D eigenvalue weighted by molar-refractivity contribution is 0.198. The van der Waals surface area contributed by atoms with Crippen LogP contribution in [0, 0.1) is 0 Å². The molecule has 31 heavy (non-hydrogen) atoms. The number of hydrogen-bond donors (Lipinski definition) is 2. The van der Waals surface area contributed by atoms with Gasteiger partial charge in [-0.3, -0.25) is 4.40 Å². The standard InChI is InChI=1S/C22H28N4O4S/c1-21(2,3)31(28,29)18-12-26-16(11-23-19(26)9-17(18)30-7-6-27)14-8-15-20(24-10-14)25-13-22(15,4)5/h8-12,27H,6-7,13H2,1-5H3,(H,24,25). The molecule has 0 spiro atoms. The Morgan fingerprint density at radius 3 is 2.65 bits per heavy atom. The van der Waals surface area contributed by atoms with E-state index in [1.54, 1.807) is 49.8 Å². The first-order chi connectivity index (χ1) is 14.5. The minimum absolute atomic E-state index is 0.00672. The Kier molecular flexibility index (Phi) is 5.01. The van der Waals surface area contributed by atoms with E-state index in [1.165, 1.54) is 0 Å². The van der Waals surface area contributed by atoms with Gasteiger partial charge in [-0.05, 0) is 26.8 Å². The first-order valence-electron chi connectivity index (χ1n) is 10.2. The van der Waals surface area contributed by atoms with Crippen LogP contribution in [0.4, 0.5) is 5.82 Å².